The molecule has 4 rings (SSSR count). The maximum Gasteiger partial charge on any atom is 0.278 e. The topological polar surface area (TPSA) is 86.9 Å². The number of halogens is 3. The van der Waals surface area contributed by atoms with Gasteiger partial charge in [-0.1, -0.05) is 39.7 Å². The summed E-state index contributed by atoms with van der Waals surface area (Å²) in [6, 6.07) is 12.9. The number of amides is 1. The van der Waals surface area contributed by atoms with Gasteiger partial charge in [0.2, 0.25) is 5.95 Å². The second kappa shape index (κ2) is 9.27. The van der Waals surface area contributed by atoms with E-state index < -0.39 is 5.91 Å². The molecule has 8 nitrogen and oxygen atoms in total. The van der Waals surface area contributed by atoms with E-state index in [2.05, 4.69) is 36.4 Å². The summed E-state index contributed by atoms with van der Waals surface area (Å²) >= 11 is 9.45. The Morgan fingerprint density at radius 1 is 1.13 bits per heavy atom. The van der Waals surface area contributed by atoms with E-state index in [0.717, 1.165) is 10.0 Å². The van der Waals surface area contributed by atoms with E-state index in [1.54, 1.807) is 36.5 Å². The summed E-state index contributed by atoms with van der Waals surface area (Å²) < 4.78 is 22.5. The average molecular weight is 506 g/mol. The normalized spacial score (nSPS) is 10.8. The van der Waals surface area contributed by atoms with E-state index in [1.165, 1.54) is 27.8 Å². The van der Waals surface area contributed by atoms with Crippen LogP contribution >= 0.6 is 27.5 Å². The highest BCUT2D eigenvalue weighted by molar-refractivity contribution is 9.10. The molecule has 4 aromatic rings. The summed E-state index contributed by atoms with van der Waals surface area (Å²) in [5.74, 6) is -0.123. The second-order valence-electron chi connectivity index (χ2n) is 6.43. The first-order valence-electron chi connectivity index (χ1n) is 9.03. The van der Waals surface area contributed by atoms with Crippen molar-refractivity contribution in [1.82, 2.24) is 24.5 Å². The molecule has 158 valence electrons. The van der Waals surface area contributed by atoms with Crippen LogP contribution in [-0.2, 0) is 13.3 Å². The Balaban J connectivity index is 1.33. The van der Waals surface area contributed by atoms with Gasteiger partial charge in [0.15, 0.2) is 12.4 Å². The minimum Gasteiger partial charge on any atom is -0.470 e. The zero-order valence-corrected chi connectivity index (χ0v) is 18.2. The fourth-order valence-electron chi connectivity index (χ4n) is 2.65. The molecule has 2 aromatic heterocycles. The Hall–Kier alpha value is -3.24. The van der Waals surface area contributed by atoms with Crippen molar-refractivity contribution in [3.05, 3.63) is 87.6 Å². The van der Waals surface area contributed by atoms with E-state index in [-0.39, 0.29) is 24.2 Å². The fourth-order valence-corrected chi connectivity index (χ4v) is 3.38. The highest BCUT2D eigenvalue weighted by Gasteiger charge is 2.13. The van der Waals surface area contributed by atoms with Gasteiger partial charge in [0.1, 0.15) is 17.9 Å². The summed E-state index contributed by atoms with van der Waals surface area (Å²) in [5.41, 5.74) is 1.04. The number of benzene rings is 2. The number of aromatic nitrogens is 5. The predicted molar refractivity (Wildman–Crippen MR) is 115 cm³/mol. The van der Waals surface area contributed by atoms with Crippen molar-refractivity contribution in [3.63, 3.8) is 0 Å². The second-order valence-corrected chi connectivity index (χ2v) is 7.76. The fraction of sp³-hybridized carbons (Fsp3) is 0.100. The molecule has 1 amide bonds. The Morgan fingerprint density at radius 2 is 1.94 bits per heavy atom. The van der Waals surface area contributed by atoms with Gasteiger partial charge in [0, 0.05) is 10.7 Å². The largest absolute Gasteiger partial charge is 0.470 e. The van der Waals surface area contributed by atoms with Gasteiger partial charge in [-0.3, -0.25) is 10.1 Å². The Bertz CT molecular complexity index is 1210. The molecule has 2 heterocycles. The minimum absolute atomic E-state index is 0.0825. The predicted octanol–water partition coefficient (Wildman–Crippen LogP) is 4.37. The van der Waals surface area contributed by atoms with Crippen LogP contribution in [0.5, 0.6) is 5.75 Å². The van der Waals surface area contributed by atoms with Crippen molar-refractivity contribution in [2.75, 3.05) is 5.32 Å². The van der Waals surface area contributed by atoms with E-state index in [9.17, 15) is 9.18 Å². The van der Waals surface area contributed by atoms with Crippen LogP contribution in [0.4, 0.5) is 10.3 Å². The van der Waals surface area contributed by atoms with Crippen molar-refractivity contribution in [3.8, 4) is 5.75 Å². The molecular weight excluding hydrogens is 491 g/mol. The van der Waals surface area contributed by atoms with Gasteiger partial charge in [-0.15, -0.1) is 5.10 Å². The Labute approximate surface area is 189 Å². The number of nitrogens with zero attached hydrogens (tertiary/aromatic N) is 5. The third-order valence-electron chi connectivity index (χ3n) is 4.14. The van der Waals surface area contributed by atoms with Gasteiger partial charge in [0.05, 0.1) is 11.6 Å². The number of hydrogen-bond acceptors (Lipinski definition) is 5. The van der Waals surface area contributed by atoms with E-state index in [1.807, 2.05) is 6.07 Å². The molecule has 0 bridgehead atoms. The number of rotatable bonds is 7. The standard InChI is InChI=1S/C20H15BrClFN6O2/c21-14-3-6-18(16(22)9-14)31-12-28-8-7-17(26-28)19(30)25-20-24-11-29(27-20)10-13-1-4-15(23)5-2-13/h1-9,11H,10,12H2,(H,25,27,30). The summed E-state index contributed by atoms with van der Waals surface area (Å²) in [5, 5.41) is 11.4. The van der Waals surface area contributed by atoms with Gasteiger partial charge >= 0.3 is 0 Å². The van der Waals surface area contributed by atoms with Crippen molar-refractivity contribution >= 4 is 39.4 Å². The van der Waals surface area contributed by atoms with Crippen LogP contribution in [0.2, 0.25) is 5.02 Å². The van der Waals surface area contributed by atoms with Crippen LogP contribution in [0, 0.1) is 5.82 Å². The highest BCUT2D eigenvalue weighted by atomic mass is 79.9. The third-order valence-corrected chi connectivity index (χ3v) is 4.93. The minimum atomic E-state index is -0.458. The first kappa shape index (κ1) is 21.0. The molecular formula is C20H15BrClFN6O2. The quantitative estimate of drug-likeness (QED) is 0.403. The molecule has 0 aliphatic rings. The van der Waals surface area contributed by atoms with Crippen molar-refractivity contribution in [2.45, 2.75) is 13.3 Å². The molecule has 0 aliphatic heterocycles. The molecule has 0 atom stereocenters. The molecule has 1 N–H and O–H groups in total. The lowest BCUT2D eigenvalue weighted by Crippen LogP contribution is -2.15. The summed E-state index contributed by atoms with van der Waals surface area (Å²) in [6.07, 6.45) is 3.09. The lowest BCUT2D eigenvalue weighted by Gasteiger charge is -2.08. The SMILES string of the molecule is O=C(Nc1ncn(Cc2ccc(F)cc2)n1)c1ccn(COc2ccc(Br)cc2Cl)n1. The molecule has 31 heavy (non-hydrogen) atoms. The van der Waals surface area contributed by atoms with Crippen LogP contribution in [-0.4, -0.2) is 30.5 Å². The van der Waals surface area contributed by atoms with Crippen LogP contribution in [0.1, 0.15) is 16.1 Å². The van der Waals surface area contributed by atoms with Gasteiger partial charge in [-0.2, -0.15) is 5.10 Å². The molecule has 0 fully saturated rings. The third kappa shape index (κ3) is 5.47. The number of anilines is 1. The lowest BCUT2D eigenvalue weighted by atomic mass is 10.2. The number of carbonyl (C=O) groups is 1. The summed E-state index contributed by atoms with van der Waals surface area (Å²) in [6.45, 7) is 0.479. The molecule has 0 spiro atoms. The zero-order chi connectivity index (χ0) is 21.8. The van der Waals surface area contributed by atoms with Crippen molar-refractivity contribution in [2.24, 2.45) is 0 Å². The molecule has 11 heteroatoms. The maximum absolute atomic E-state index is 13.0. The van der Waals surface area contributed by atoms with E-state index in [4.69, 9.17) is 16.3 Å². The lowest BCUT2D eigenvalue weighted by molar-refractivity contribution is 0.101. The summed E-state index contributed by atoms with van der Waals surface area (Å²) in [7, 11) is 0. The molecule has 0 saturated heterocycles. The Morgan fingerprint density at radius 3 is 2.71 bits per heavy atom. The number of hydrogen-bond donors (Lipinski definition) is 1. The number of nitrogens with one attached hydrogen (secondary N) is 1. The van der Waals surface area contributed by atoms with Crippen LogP contribution in [0.25, 0.3) is 0 Å². The van der Waals surface area contributed by atoms with E-state index >= 15 is 0 Å². The molecule has 2 aromatic carbocycles. The van der Waals surface area contributed by atoms with Crippen LogP contribution in [0.3, 0.4) is 0 Å². The summed E-state index contributed by atoms with van der Waals surface area (Å²) in [4.78, 5) is 16.5. The molecule has 0 radical (unpaired) electrons. The number of carbonyl (C=O) groups excluding carboxylic acids is 1. The molecule has 0 saturated carbocycles. The first-order chi connectivity index (χ1) is 15.0. The number of ether oxygens (including phenoxy) is 1. The maximum atomic E-state index is 13.0. The van der Waals surface area contributed by atoms with Crippen molar-refractivity contribution in [1.29, 1.82) is 0 Å². The smallest absolute Gasteiger partial charge is 0.278 e. The average Bonchev–Trinajstić information content (AvgIpc) is 3.39. The monoisotopic (exact) mass is 504 g/mol. The molecule has 0 unspecified atom stereocenters. The van der Waals surface area contributed by atoms with Crippen molar-refractivity contribution < 1.29 is 13.9 Å². The highest BCUT2D eigenvalue weighted by Crippen LogP contribution is 2.27. The first-order valence-corrected chi connectivity index (χ1v) is 10.2. The van der Waals surface area contributed by atoms with Crippen LogP contribution < -0.4 is 10.1 Å². The zero-order valence-electron chi connectivity index (χ0n) is 15.9. The Kier molecular flexibility index (Phi) is 6.28. The van der Waals surface area contributed by atoms with E-state index in [0.29, 0.717) is 17.3 Å². The van der Waals surface area contributed by atoms with Gasteiger partial charge in [-0.25, -0.2) is 18.7 Å². The molecule has 0 aliphatic carbocycles. The van der Waals surface area contributed by atoms with Gasteiger partial charge < -0.3 is 4.74 Å². The van der Waals surface area contributed by atoms with Gasteiger partial charge in [0.25, 0.3) is 5.91 Å². The van der Waals surface area contributed by atoms with Gasteiger partial charge in [-0.05, 0) is 42.0 Å². The van der Waals surface area contributed by atoms with Crippen LogP contribution in [0.15, 0.2) is 65.5 Å².